The number of amides is 1. The first-order chi connectivity index (χ1) is 12.0. The van der Waals surface area contributed by atoms with E-state index in [0.29, 0.717) is 11.6 Å². The second-order valence-corrected chi connectivity index (χ2v) is 5.32. The van der Waals surface area contributed by atoms with Gasteiger partial charge in [0.2, 0.25) is 0 Å². The molecule has 6 heteroatoms. The van der Waals surface area contributed by atoms with Crippen LogP contribution in [0, 0.1) is 11.6 Å². The maximum Gasteiger partial charge on any atom is 0.340 e. The molecule has 126 valence electrons. The van der Waals surface area contributed by atoms with Crippen molar-refractivity contribution in [3.63, 3.8) is 0 Å². The average Bonchev–Trinajstić information content (AvgIpc) is 2.62. The number of benzene rings is 3. The lowest BCUT2D eigenvalue weighted by Gasteiger charge is -2.10. The summed E-state index contributed by atoms with van der Waals surface area (Å²) in [5.41, 5.74) is -0.459. The Kier molecular flexibility index (Phi) is 4.43. The molecule has 0 saturated carbocycles. The number of ether oxygens (including phenoxy) is 1. The summed E-state index contributed by atoms with van der Waals surface area (Å²) in [6.45, 7) is 0. The Morgan fingerprint density at radius 2 is 1.64 bits per heavy atom. The minimum absolute atomic E-state index is 0.306. The summed E-state index contributed by atoms with van der Waals surface area (Å²) >= 11 is 0. The molecule has 0 radical (unpaired) electrons. The van der Waals surface area contributed by atoms with Gasteiger partial charge in [0.25, 0.3) is 5.91 Å². The maximum atomic E-state index is 13.9. The zero-order chi connectivity index (χ0) is 18.0. The van der Waals surface area contributed by atoms with E-state index in [9.17, 15) is 18.4 Å². The van der Waals surface area contributed by atoms with Crippen LogP contribution >= 0.6 is 0 Å². The van der Waals surface area contributed by atoms with E-state index in [1.54, 1.807) is 18.2 Å². The third-order valence-corrected chi connectivity index (χ3v) is 3.72. The summed E-state index contributed by atoms with van der Waals surface area (Å²) in [5.74, 6) is -3.59. The highest BCUT2D eigenvalue weighted by Gasteiger charge is 2.18. The fourth-order valence-corrected chi connectivity index (χ4v) is 2.44. The molecule has 0 fully saturated rings. The molecule has 0 unspecified atom stereocenters. The van der Waals surface area contributed by atoms with Crippen molar-refractivity contribution in [1.29, 1.82) is 0 Å². The van der Waals surface area contributed by atoms with Crippen LogP contribution in [0.15, 0.2) is 54.6 Å². The number of carbonyl (C=O) groups is 2. The molecule has 1 N–H and O–H groups in total. The Balaban J connectivity index is 1.92. The molecule has 4 nitrogen and oxygen atoms in total. The predicted octanol–water partition coefficient (Wildman–Crippen LogP) is 4.16. The summed E-state index contributed by atoms with van der Waals surface area (Å²) < 4.78 is 32.0. The van der Waals surface area contributed by atoms with E-state index in [1.807, 2.05) is 24.3 Å². The Morgan fingerprint density at radius 3 is 2.36 bits per heavy atom. The molecule has 25 heavy (non-hydrogen) atoms. The molecule has 1 amide bonds. The van der Waals surface area contributed by atoms with Crippen molar-refractivity contribution in [2.75, 3.05) is 12.4 Å². The molecular formula is C19H13F2NO3. The molecule has 0 aliphatic carbocycles. The van der Waals surface area contributed by atoms with Gasteiger partial charge in [-0.3, -0.25) is 4.79 Å². The maximum absolute atomic E-state index is 13.9. The lowest BCUT2D eigenvalue weighted by Crippen LogP contribution is -2.15. The Bertz CT molecular complexity index is 986. The van der Waals surface area contributed by atoms with E-state index >= 15 is 0 Å². The van der Waals surface area contributed by atoms with Crippen LogP contribution in [0.3, 0.4) is 0 Å². The van der Waals surface area contributed by atoms with E-state index in [0.717, 1.165) is 23.9 Å². The summed E-state index contributed by atoms with van der Waals surface area (Å²) in [5, 5.41) is 4.16. The van der Waals surface area contributed by atoms with E-state index in [-0.39, 0.29) is 5.69 Å². The number of fused-ring (bicyclic) bond motifs is 1. The number of rotatable bonds is 3. The van der Waals surface area contributed by atoms with E-state index in [4.69, 9.17) is 0 Å². The molecule has 3 aromatic rings. The summed E-state index contributed by atoms with van der Waals surface area (Å²) in [4.78, 5) is 23.9. The zero-order valence-electron chi connectivity index (χ0n) is 13.2. The molecule has 0 aliphatic rings. The lowest BCUT2D eigenvalue weighted by molar-refractivity contribution is 0.0595. The highest BCUT2D eigenvalue weighted by Crippen LogP contribution is 2.22. The quantitative estimate of drug-likeness (QED) is 0.728. The zero-order valence-corrected chi connectivity index (χ0v) is 13.2. The van der Waals surface area contributed by atoms with Gasteiger partial charge in [-0.25, -0.2) is 13.6 Å². The van der Waals surface area contributed by atoms with Gasteiger partial charge in [0.1, 0.15) is 11.6 Å². The number of anilines is 1. The summed E-state index contributed by atoms with van der Waals surface area (Å²) in [6, 6.07) is 13.9. The van der Waals surface area contributed by atoms with Gasteiger partial charge in [0.15, 0.2) is 0 Å². The monoisotopic (exact) mass is 341 g/mol. The first-order valence-corrected chi connectivity index (χ1v) is 7.37. The Hall–Kier alpha value is -3.28. The molecule has 0 heterocycles. The first kappa shape index (κ1) is 16.6. The predicted molar refractivity (Wildman–Crippen MR) is 89.6 cm³/mol. The van der Waals surface area contributed by atoms with Crippen molar-refractivity contribution in [2.24, 2.45) is 0 Å². The van der Waals surface area contributed by atoms with Gasteiger partial charge >= 0.3 is 5.97 Å². The van der Waals surface area contributed by atoms with Gasteiger partial charge in [0, 0.05) is 11.6 Å². The molecule has 0 aliphatic heterocycles. The minimum atomic E-state index is -1.06. The normalized spacial score (nSPS) is 10.5. The van der Waals surface area contributed by atoms with Crippen molar-refractivity contribution in [1.82, 2.24) is 0 Å². The lowest BCUT2D eigenvalue weighted by atomic mass is 10.1. The number of hydrogen-bond acceptors (Lipinski definition) is 3. The standard InChI is InChI=1S/C19H13F2NO3/c1-25-19(24)14-9-17(16(21)10-15(14)20)22-18(23)13-7-6-11-4-2-3-5-12(11)8-13/h2-10H,1H3,(H,22,23). The SMILES string of the molecule is COC(=O)c1cc(NC(=O)c2ccc3ccccc3c2)c(F)cc1F. The van der Waals surface area contributed by atoms with Gasteiger partial charge in [0.05, 0.1) is 18.4 Å². The molecule has 0 saturated heterocycles. The molecule has 3 rings (SSSR count). The van der Waals surface area contributed by atoms with Gasteiger partial charge in [-0.2, -0.15) is 0 Å². The second kappa shape index (κ2) is 6.68. The molecule has 0 bridgehead atoms. The molecule has 0 aromatic heterocycles. The molecule has 0 atom stereocenters. The van der Waals surface area contributed by atoms with Crippen molar-refractivity contribution in [3.8, 4) is 0 Å². The van der Waals surface area contributed by atoms with Crippen LogP contribution in [0.1, 0.15) is 20.7 Å². The number of methoxy groups -OCH3 is 1. The van der Waals surface area contributed by atoms with Gasteiger partial charge < -0.3 is 10.1 Å². The smallest absolute Gasteiger partial charge is 0.340 e. The van der Waals surface area contributed by atoms with Crippen LogP contribution in [-0.2, 0) is 4.74 Å². The van der Waals surface area contributed by atoms with Gasteiger partial charge in [-0.15, -0.1) is 0 Å². The van der Waals surface area contributed by atoms with Crippen LogP contribution in [0.2, 0.25) is 0 Å². The van der Waals surface area contributed by atoms with Crippen molar-refractivity contribution >= 4 is 28.3 Å². The summed E-state index contributed by atoms with van der Waals surface area (Å²) in [6.07, 6.45) is 0. The fraction of sp³-hybridized carbons (Fsp3) is 0.0526. The third kappa shape index (κ3) is 3.33. The molecule has 3 aromatic carbocycles. The van der Waals surface area contributed by atoms with Gasteiger partial charge in [-0.05, 0) is 29.0 Å². The summed E-state index contributed by atoms with van der Waals surface area (Å²) in [7, 11) is 1.08. The van der Waals surface area contributed by atoms with E-state index in [2.05, 4.69) is 10.1 Å². The molecular weight excluding hydrogens is 328 g/mol. The fourth-order valence-electron chi connectivity index (χ4n) is 2.44. The topological polar surface area (TPSA) is 55.4 Å². The van der Waals surface area contributed by atoms with Crippen LogP contribution in [-0.4, -0.2) is 19.0 Å². The number of carbonyl (C=O) groups excluding carboxylic acids is 2. The van der Waals surface area contributed by atoms with E-state index in [1.165, 1.54) is 0 Å². The number of nitrogens with one attached hydrogen (secondary N) is 1. The van der Waals surface area contributed by atoms with Gasteiger partial charge in [-0.1, -0.05) is 30.3 Å². The molecule has 0 spiro atoms. The Labute approximate surface area is 142 Å². The highest BCUT2D eigenvalue weighted by atomic mass is 19.1. The van der Waals surface area contributed by atoms with Crippen molar-refractivity contribution in [2.45, 2.75) is 0 Å². The first-order valence-electron chi connectivity index (χ1n) is 7.37. The second-order valence-electron chi connectivity index (χ2n) is 5.32. The number of esters is 1. The van der Waals surface area contributed by atoms with Crippen molar-refractivity contribution < 1.29 is 23.1 Å². The van der Waals surface area contributed by atoms with E-state index < -0.39 is 29.1 Å². The number of hydrogen-bond donors (Lipinski definition) is 1. The van der Waals surface area contributed by atoms with Crippen LogP contribution in [0.5, 0.6) is 0 Å². The van der Waals surface area contributed by atoms with Crippen LogP contribution < -0.4 is 5.32 Å². The minimum Gasteiger partial charge on any atom is -0.465 e. The number of halogens is 2. The van der Waals surface area contributed by atoms with Crippen LogP contribution in [0.25, 0.3) is 10.8 Å². The third-order valence-electron chi connectivity index (χ3n) is 3.72. The average molecular weight is 341 g/mol. The van der Waals surface area contributed by atoms with Crippen molar-refractivity contribution in [3.05, 3.63) is 77.4 Å². The largest absolute Gasteiger partial charge is 0.465 e. The van der Waals surface area contributed by atoms with Crippen LogP contribution in [0.4, 0.5) is 14.5 Å². The highest BCUT2D eigenvalue weighted by molar-refractivity contribution is 6.07. The Morgan fingerprint density at radius 1 is 0.920 bits per heavy atom.